The Morgan fingerprint density at radius 2 is 2.06 bits per heavy atom. The summed E-state index contributed by atoms with van der Waals surface area (Å²) in [6.45, 7) is 2.87. The molecule has 0 radical (unpaired) electrons. The second kappa shape index (κ2) is 4.97. The molecule has 94 valence electrons. The highest BCUT2D eigenvalue weighted by molar-refractivity contribution is 7.89. The molecule has 0 atom stereocenters. The number of sulfonamides is 1. The number of nitrogens with one attached hydrogen (secondary N) is 1. The van der Waals surface area contributed by atoms with Gasteiger partial charge in [0, 0.05) is 25.5 Å². The zero-order valence-electron chi connectivity index (χ0n) is 9.70. The Balaban J connectivity index is 1.84. The van der Waals surface area contributed by atoms with E-state index in [9.17, 15) is 8.42 Å². The van der Waals surface area contributed by atoms with Crippen molar-refractivity contribution < 1.29 is 8.42 Å². The summed E-state index contributed by atoms with van der Waals surface area (Å²) in [4.78, 5) is 8.07. The molecule has 2 rings (SSSR count). The molecule has 0 aromatic carbocycles. The molecule has 0 bridgehead atoms. The summed E-state index contributed by atoms with van der Waals surface area (Å²) in [5, 5.41) is 3.09. The first kappa shape index (κ1) is 12.3. The summed E-state index contributed by atoms with van der Waals surface area (Å²) in [5.41, 5.74) is 0. The molecule has 1 aliphatic heterocycles. The van der Waals surface area contributed by atoms with Crippen molar-refractivity contribution >= 4 is 16.0 Å². The molecule has 7 heteroatoms. The van der Waals surface area contributed by atoms with Crippen LogP contribution in [-0.2, 0) is 10.0 Å². The van der Waals surface area contributed by atoms with Crippen LogP contribution in [-0.4, -0.2) is 47.6 Å². The van der Waals surface area contributed by atoms with Gasteiger partial charge < -0.3 is 5.32 Å². The van der Waals surface area contributed by atoms with Gasteiger partial charge in [-0.1, -0.05) is 6.92 Å². The minimum Gasteiger partial charge on any atom is -0.349 e. The van der Waals surface area contributed by atoms with Gasteiger partial charge >= 0.3 is 0 Å². The van der Waals surface area contributed by atoms with Crippen molar-refractivity contribution in [1.82, 2.24) is 14.3 Å². The van der Waals surface area contributed by atoms with Gasteiger partial charge in [0.15, 0.2) is 0 Å². The summed E-state index contributed by atoms with van der Waals surface area (Å²) in [7, 11) is -3.05. The fraction of sp³-hybridized carbons (Fsp3) is 0.600. The number of aromatic nitrogens is 2. The molecule has 0 amide bonds. The fourth-order valence-electron chi connectivity index (χ4n) is 1.70. The number of hydrogen-bond acceptors (Lipinski definition) is 5. The van der Waals surface area contributed by atoms with Gasteiger partial charge in [-0.3, -0.25) is 0 Å². The quantitative estimate of drug-likeness (QED) is 0.820. The number of anilines is 1. The van der Waals surface area contributed by atoms with E-state index in [1.165, 1.54) is 4.31 Å². The lowest BCUT2D eigenvalue weighted by Crippen LogP contribution is -2.57. The zero-order valence-corrected chi connectivity index (χ0v) is 10.5. The smallest absolute Gasteiger partial charge is 0.222 e. The fourth-order valence-corrected chi connectivity index (χ4v) is 3.29. The van der Waals surface area contributed by atoms with Gasteiger partial charge in [0.2, 0.25) is 16.0 Å². The minimum atomic E-state index is -3.05. The van der Waals surface area contributed by atoms with E-state index in [2.05, 4.69) is 15.3 Å². The molecule has 0 aliphatic carbocycles. The van der Waals surface area contributed by atoms with Gasteiger partial charge in [-0.25, -0.2) is 18.4 Å². The van der Waals surface area contributed by atoms with Crippen LogP contribution >= 0.6 is 0 Å². The molecular weight excluding hydrogens is 240 g/mol. The first-order chi connectivity index (χ1) is 8.12. The second-order valence-electron chi connectivity index (χ2n) is 4.05. The molecule has 1 aromatic rings. The monoisotopic (exact) mass is 256 g/mol. The Morgan fingerprint density at radius 1 is 1.41 bits per heavy atom. The maximum absolute atomic E-state index is 11.7. The lowest BCUT2D eigenvalue weighted by Gasteiger charge is -2.38. The van der Waals surface area contributed by atoms with Crippen LogP contribution in [0.5, 0.6) is 0 Å². The van der Waals surface area contributed by atoms with Crippen LogP contribution in [0.25, 0.3) is 0 Å². The predicted molar refractivity (Wildman–Crippen MR) is 65.1 cm³/mol. The molecule has 0 spiro atoms. The molecule has 2 heterocycles. The maximum atomic E-state index is 11.7. The van der Waals surface area contributed by atoms with Crippen molar-refractivity contribution in [2.75, 3.05) is 24.2 Å². The van der Waals surface area contributed by atoms with E-state index in [1.54, 1.807) is 18.5 Å². The predicted octanol–water partition coefficient (Wildman–Crippen LogP) is 0.312. The summed E-state index contributed by atoms with van der Waals surface area (Å²) < 4.78 is 24.9. The highest BCUT2D eigenvalue weighted by Gasteiger charge is 2.35. The molecule has 1 saturated heterocycles. The Kier molecular flexibility index (Phi) is 3.58. The molecule has 0 saturated carbocycles. The van der Waals surface area contributed by atoms with Crippen molar-refractivity contribution in [2.45, 2.75) is 19.4 Å². The van der Waals surface area contributed by atoms with E-state index in [4.69, 9.17) is 0 Å². The highest BCUT2D eigenvalue weighted by atomic mass is 32.2. The first-order valence-corrected chi connectivity index (χ1v) is 7.24. The topological polar surface area (TPSA) is 75.2 Å². The third kappa shape index (κ3) is 2.92. The van der Waals surface area contributed by atoms with Crippen LogP contribution in [0.3, 0.4) is 0 Å². The molecule has 1 aromatic heterocycles. The van der Waals surface area contributed by atoms with Crippen LogP contribution in [0.15, 0.2) is 18.5 Å². The Labute approximate surface area is 101 Å². The number of rotatable bonds is 5. The zero-order chi connectivity index (χ0) is 12.3. The van der Waals surface area contributed by atoms with Crippen molar-refractivity contribution in [2.24, 2.45) is 0 Å². The number of nitrogens with zero attached hydrogens (tertiary/aromatic N) is 3. The van der Waals surface area contributed by atoms with E-state index >= 15 is 0 Å². The second-order valence-corrected chi connectivity index (χ2v) is 6.14. The normalized spacial score (nSPS) is 17.7. The van der Waals surface area contributed by atoms with Crippen molar-refractivity contribution in [3.63, 3.8) is 0 Å². The van der Waals surface area contributed by atoms with Crippen LogP contribution in [0.1, 0.15) is 13.3 Å². The molecular formula is C10H16N4O2S. The van der Waals surface area contributed by atoms with Crippen molar-refractivity contribution in [3.05, 3.63) is 18.5 Å². The van der Waals surface area contributed by atoms with E-state index in [0.717, 1.165) is 0 Å². The third-order valence-electron chi connectivity index (χ3n) is 2.60. The van der Waals surface area contributed by atoms with E-state index in [1.807, 2.05) is 6.92 Å². The molecule has 1 aliphatic rings. The number of hydrogen-bond donors (Lipinski definition) is 1. The maximum Gasteiger partial charge on any atom is 0.222 e. The average Bonchev–Trinajstić information content (AvgIpc) is 2.24. The van der Waals surface area contributed by atoms with Crippen LogP contribution in [0.4, 0.5) is 5.95 Å². The third-order valence-corrected chi connectivity index (χ3v) is 4.61. The van der Waals surface area contributed by atoms with E-state index in [-0.39, 0.29) is 11.8 Å². The Hall–Kier alpha value is -1.21. The SMILES string of the molecule is CCCS(=O)(=O)N1CC(Nc2ncccn2)C1. The van der Waals surface area contributed by atoms with Crippen LogP contribution in [0, 0.1) is 0 Å². The summed E-state index contributed by atoms with van der Waals surface area (Å²) in [6, 6.07) is 1.85. The van der Waals surface area contributed by atoms with Gasteiger partial charge in [-0.15, -0.1) is 0 Å². The van der Waals surface area contributed by atoms with Crippen LogP contribution < -0.4 is 5.32 Å². The summed E-state index contributed by atoms with van der Waals surface area (Å²) in [5.74, 6) is 0.770. The van der Waals surface area contributed by atoms with Crippen LogP contribution in [0.2, 0.25) is 0 Å². The Morgan fingerprint density at radius 3 is 2.65 bits per heavy atom. The summed E-state index contributed by atoms with van der Waals surface area (Å²) >= 11 is 0. The van der Waals surface area contributed by atoms with Gasteiger partial charge in [0.25, 0.3) is 0 Å². The Bertz CT molecular complexity index is 456. The van der Waals surface area contributed by atoms with Crippen molar-refractivity contribution in [3.8, 4) is 0 Å². The summed E-state index contributed by atoms with van der Waals surface area (Å²) in [6.07, 6.45) is 3.96. The lowest BCUT2D eigenvalue weighted by molar-refractivity contribution is 0.280. The van der Waals surface area contributed by atoms with E-state index in [0.29, 0.717) is 25.5 Å². The highest BCUT2D eigenvalue weighted by Crippen LogP contribution is 2.17. The first-order valence-electron chi connectivity index (χ1n) is 5.63. The molecule has 1 fully saturated rings. The molecule has 1 N–H and O–H groups in total. The lowest BCUT2D eigenvalue weighted by atomic mass is 10.2. The minimum absolute atomic E-state index is 0.115. The van der Waals surface area contributed by atoms with Gasteiger partial charge in [-0.05, 0) is 12.5 Å². The molecule has 0 unspecified atom stereocenters. The average molecular weight is 256 g/mol. The molecule has 6 nitrogen and oxygen atoms in total. The molecule has 17 heavy (non-hydrogen) atoms. The van der Waals surface area contributed by atoms with Gasteiger partial charge in [-0.2, -0.15) is 4.31 Å². The van der Waals surface area contributed by atoms with Gasteiger partial charge in [0.05, 0.1) is 11.8 Å². The van der Waals surface area contributed by atoms with Gasteiger partial charge in [0.1, 0.15) is 0 Å². The van der Waals surface area contributed by atoms with Crippen molar-refractivity contribution in [1.29, 1.82) is 0 Å². The standard InChI is InChI=1S/C10H16N4O2S/c1-2-6-17(15,16)14-7-9(8-14)13-10-11-4-3-5-12-10/h3-5,9H,2,6-8H2,1H3,(H,11,12,13). The van der Waals surface area contributed by atoms with E-state index < -0.39 is 10.0 Å². The largest absolute Gasteiger partial charge is 0.349 e.